The summed E-state index contributed by atoms with van der Waals surface area (Å²) in [6, 6.07) is 28.8. The Hall–Kier alpha value is -4.70. The van der Waals surface area contributed by atoms with Crippen LogP contribution in [0.5, 0.6) is 5.75 Å². The Morgan fingerprint density at radius 2 is 1.44 bits per heavy atom. The molecule has 2 N–H and O–H groups in total. The maximum Gasteiger partial charge on any atom is 0.261 e. The summed E-state index contributed by atoms with van der Waals surface area (Å²) >= 11 is 0. The molecule has 0 aliphatic heterocycles. The van der Waals surface area contributed by atoms with Gasteiger partial charge in [-0.15, -0.1) is 0 Å². The maximum absolute atomic E-state index is 13.8. The van der Waals surface area contributed by atoms with E-state index in [2.05, 4.69) is 17.0 Å². The first kappa shape index (κ1) is 33.2. The summed E-state index contributed by atoms with van der Waals surface area (Å²) in [4.78, 5) is 28.9. The van der Waals surface area contributed by atoms with E-state index in [1.807, 2.05) is 60.7 Å². The van der Waals surface area contributed by atoms with E-state index in [4.69, 9.17) is 4.74 Å². The van der Waals surface area contributed by atoms with E-state index in [0.29, 0.717) is 13.0 Å². The molecule has 10 heteroatoms. The quantitative estimate of drug-likeness (QED) is 0.149. The van der Waals surface area contributed by atoms with E-state index in [-0.39, 0.29) is 35.4 Å². The first-order valence-corrected chi connectivity index (χ1v) is 16.4. The molecule has 0 spiro atoms. The number of sulfonamides is 1. The number of hydrogen-bond donors (Lipinski definition) is 2. The number of halogens is 1. The fourth-order valence-corrected chi connectivity index (χ4v) is 5.77. The summed E-state index contributed by atoms with van der Waals surface area (Å²) < 4.78 is 47.0. The number of amides is 2. The number of hydrogen-bond acceptors (Lipinski definition) is 5. The van der Waals surface area contributed by atoms with Gasteiger partial charge in [-0.2, -0.15) is 0 Å². The highest BCUT2D eigenvalue weighted by atomic mass is 32.2. The fourth-order valence-electron chi connectivity index (χ4n) is 4.71. The summed E-state index contributed by atoms with van der Waals surface area (Å²) in [5.74, 6) is -0.816. The van der Waals surface area contributed by atoms with Crippen molar-refractivity contribution in [3.63, 3.8) is 0 Å². The Morgan fingerprint density at radius 1 is 0.822 bits per heavy atom. The zero-order valence-corrected chi connectivity index (χ0v) is 26.0. The van der Waals surface area contributed by atoms with Gasteiger partial charge in [0.25, 0.3) is 15.9 Å². The van der Waals surface area contributed by atoms with Crippen LogP contribution in [0, 0.1) is 5.82 Å². The van der Waals surface area contributed by atoms with E-state index in [0.717, 1.165) is 42.5 Å². The number of rotatable bonds is 16. The fraction of sp³-hybridized carbons (Fsp3) is 0.257. The van der Waals surface area contributed by atoms with Crippen LogP contribution < -0.4 is 14.8 Å². The zero-order chi connectivity index (χ0) is 32.1. The highest BCUT2D eigenvalue weighted by Crippen LogP contribution is 2.21. The molecule has 0 aromatic heterocycles. The van der Waals surface area contributed by atoms with Crippen LogP contribution >= 0.6 is 0 Å². The van der Waals surface area contributed by atoms with Gasteiger partial charge in [-0.25, -0.2) is 12.8 Å². The lowest BCUT2D eigenvalue weighted by Gasteiger charge is -2.31. The third-order valence-electron chi connectivity index (χ3n) is 7.14. The molecule has 0 radical (unpaired) electrons. The van der Waals surface area contributed by atoms with Crippen molar-refractivity contribution in [2.75, 3.05) is 17.9 Å². The summed E-state index contributed by atoms with van der Waals surface area (Å²) in [5.41, 5.74) is 2.01. The van der Waals surface area contributed by atoms with Crippen LogP contribution in [0.4, 0.5) is 10.1 Å². The van der Waals surface area contributed by atoms with Gasteiger partial charge in [-0.05, 0) is 66.1 Å². The monoisotopic (exact) mass is 631 g/mol. The molecule has 45 heavy (non-hydrogen) atoms. The molecular weight excluding hydrogens is 593 g/mol. The molecule has 4 rings (SSSR count). The van der Waals surface area contributed by atoms with Gasteiger partial charge in [0.1, 0.15) is 17.6 Å². The lowest BCUT2D eigenvalue weighted by Crippen LogP contribution is -2.51. The van der Waals surface area contributed by atoms with Crippen molar-refractivity contribution in [3.8, 4) is 5.75 Å². The predicted molar refractivity (Wildman–Crippen MR) is 173 cm³/mol. The van der Waals surface area contributed by atoms with Gasteiger partial charge in [0.05, 0.1) is 4.90 Å². The highest BCUT2D eigenvalue weighted by Gasteiger charge is 2.30. The Labute approximate surface area is 264 Å². The summed E-state index contributed by atoms with van der Waals surface area (Å²) in [6.07, 6.45) is 3.19. The number of nitrogens with one attached hydrogen (secondary N) is 2. The van der Waals surface area contributed by atoms with Crippen molar-refractivity contribution in [1.82, 2.24) is 10.2 Å². The molecule has 0 saturated heterocycles. The molecule has 1 atom stereocenters. The number of carbonyl (C=O) groups excluding carboxylic acids is 2. The van der Waals surface area contributed by atoms with Crippen LogP contribution in [-0.4, -0.2) is 44.3 Å². The van der Waals surface area contributed by atoms with Crippen LogP contribution in [0.15, 0.2) is 114 Å². The normalized spacial score (nSPS) is 11.8. The van der Waals surface area contributed by atoms with Crippen LogP contribution in [-0.2, 0) is 32.6 Å². The zero-order valence-electron chi connectivity index (χ0n) is 25.2. The minimum Gasteiger partial charge on any atom is -0.484 e. The lowest BCUT2D eigenvalue weighted by atomic mass is 10.0. The van der Waals surface area contributed by atoms with E-state index in [1.54, 1.807) is 4.90 Å². The van der Waals surface area contributed by atoms with Gasteiger partial charge in [-0.3, -0.25) is 14.3 Å². The molecule has 4 aromatic rings. The van der Waals surface area contributed by atoms with Crippen molar-refractivity contribution >= 4 is 27.5 Å². The average Bonchev–Trinajstić information content (AvgIpc) is 3.05. The molecule has 8 nitrogen and oxygen atoms in total. The molecule has 0 aliphatic carbocycles. The number of nitrogens with zero attached hydrogens (tertiary/aromatic N) is 1. The molecule has 0 unspecified atom stereocenters. The second-order valence-electron chi connectivity index (χ2n) is 10.6. The van der Waals surface area contributed by atoms with Crippen molar-refractivity contribution in [1.29, 1.82) is 0 Å². The maximum atomic E-state index is 13.8. The SMILES string of the molecule is CCCCCNC(=O)[C@H](Cc1ccccc1)N(Cc1ccccc1)C(=O)COc1ccc(S(=O)(=O)Nc2ccc(F)cc2)cc1. The molecule has 0 fully saturated rings. The Bertz CT molecular complexity index is 1620. The molecule has 4 aromatic carbocycles. The molecule has 0 saturated carbocycles. The van der Waals surface area contributed by atoms with Gasteiger partial charge >= 0.3 is 0 Å². The number of unbranched alkanes of at least 4 members (excludes halogenated alkanes) is 2. The molecular formula is C35H38FN3O5S. The average molecular weight is 632 g/mol. The first-order chi connectivity index (χ1) is 21.7. The molecule has 0 aliphatic rings. The number of anilines is 1. The van der Waals surface area contributed by atoms with Gasteiger partial charge < -0.3 is 15.0 Å². The Kier molecular flexibility index (Phi) is 12.1. The molecule has 236 valence electrons. The van der Waals surface area contributed by atoms with Gasteiger partial charge in [-0.1, -0.05) is 80.4 Å². The largest absolute Gasteiger partial charge is 0.484 e. The van der Waals surface area contributed by atoms with E-state index in [9.17, 15) is 22.4 Å². The van der Waals surface area contributed by atoms with Gasteiger partial charge in [0, 0.05) is 25.2 Å². The number of ether oxygens (including phenoxy) is 1. The topological polar surface area (TPSA) is 105 Å². The van der Waals surface area contributed by atoms with Crippen LogP contribution in [0.3, 0.4) is 0 Å². The molecule has 2 amide bonds. The highest BCUT2D eigenvalue weighted by molar-refractivity contribution is 7.92. The molecule has 0 bridgehead atoms. The number of benzene rings is 4. The third-order valence-corrected chi connectivity index (χ3v) is 8.54. The predicted octanol–water partition coefficient (Wildman–Crippen LogP) is 5.95. The Balaban J connectivity index is 1.50. The van der Waals surface area contributed by atoms with Crippen molar-refractivity contribution in [3.05, 3.63) is 126 Å². The number of carbonyl (C=O) groups is 2. The lowest BCUT2D eigenvalue weighted by molar-refractivity contribution is -0.142. The minimum absolute atomic E-state index is 0.0288. The van der Waals surface area contributed by atoms with Gasteiger partial charge in [0.15, 0.2) is 6.61 Å². The summed E-state index contributed by atoms with van der Waals surface area (Å²) in [6.45, 7) is 2.46. The van der Waals surface area contributed by atoms with Crippen molar-refractivity contribution in [2.24, 2.45) is 0 Å². The second-order valence-corrected chi connectivity index (χ2v) is 12.3. The smallest absolute Gasteiger partial charge is 0.261 e. The van der Waals surface area contributed by atoms with Crippen LogP contribution in [0.2, 0.25) is 0 Å². The minimum atomic E-state index is -3.93. The summed E-state index contributed by atoms with van der Waals surface area (Å²) in [7, 11) is -3.93. The van der Waals surface area contributed by atoms with Crippen molar-refractivity contribution in [2.45, 2.75) is 50.1 Å². The Morgan fingerprint density at radius 3 is 2.07 bits per heavy atom. The van der Waals surface area contributed by atoms with Crippen LogP contribution in [0.25, 0.3) is 0 Å². The van der Waals surface area contributed by atoms with Gasteiger partial charge in [0.2, 0.25) is 5.91 Å². The van der Waals surface area contributed by atoms with E-state index < -0.39 is 27.8 Å². The first-order valence-electron chi connectivity index (χ1n) is 14.9. The molecule has 0 heterocycles. The standard InChI is InChI=1S/C35H38FN3O5S/c1-2-3-10-23-37-35(41)33(24-27-11-6-4-7-12-27)39(25-28-13-8-5-9-14-28)34(40)26-44-31-19-21-32(22-20-31)45(42,43)38-30-17-15-29(36)16-18-30/h4-9,11-22,33,38H,2-3,10,23-26H2,1H3,(H,37,41)/t33-/m0/s1. The second kappa shape index (κ2) is 16.4. The van der Waals surface area contributed by atoms with E-state index >= 15 is 0 Å². The van der Waals surface area contributed by atoms with E-state index in [1.165, 1.54) is 36.4 Å². The third kappa shape index (κ3) is 10.2. The summed E-state index contributed by atoms with van der Waals surface area (Å²) in [5, 5.41) is 3.02. The van der Waals surface area contributed by atoms with Crippen molar-refractivity contribution < 1.29 is 27.1 Å². The van der Waals surface area contributed by atoms with Crippen LogP contribution in [0.1, 0.15) is 37.3 Å².